The third-order valence-corrected chi connectivity index (χ3v) is 4.22. The first-order chi connectivity index (χ1) is 10.2. The Hall–Kier alpha value is -1.56. The summed E-state index contributed by atoms with van der Waals surface area (Å²) in [6, 6.07) is -0.254. The van der Waals surface area contributed by atoms with Crippen LogP contribution < -0.4 is 21.3 Å². The molecule has 3 amide bonds. The summed E-state index contributed by atoms with van der Waals surface area (Å²) in [5.41, 5.74) is 0.528. The molecule has 2 rings (SSSR count). The van der Waals surface area contributed by atoms with Crippen molar-refractivity contribution >= 4 is 11.9 Å². The summed E-state index contributed by atoms with van der Waals surface area (Å²) in [6.07, 6.45) is 6.49. The van der Waals surface area contributed by atoms with Gasteiger partial charge in [0.15, 0.2) is 0 Å². The zero-order chi connectivity index (χ0) is 15.1. The second-order valence-electron chi connectivity index (χ2n) is 5.77. The number of rotatable bonds is 5. The molecule has 0 radical (unpaired) electrons. The zero-order valence-corrected chi connectivity index (χ0v) is 12.8. The van der Waals surface area contributed by atoms with Crippen molar-refractivity contribution in [3.05, 3.63) is 11.6 Å². The van der Waals surface area contributed by atoms with Gasteiger partial charge in [0.2, 0.25) is 5.91 Å². The molecule has 0 bridgehead atoms. The van der Waals surface area contributed by atoms with Gasteiger partial charge in [0.1, 0.15) is 5.54 Å². The molecular formula is C15H26N4O2. The van der Waals surface area contributed by atoms with Crippen molar-refractivity contribution in [1.82, 2.24) is 21.3 Å². The Labute approximate surface area is 126 Å². The predicted molar refractivity (Wildman–Crippen MR) is 82.0 cm³/mol. The van der Waals surface area contributed by atoms with Crippen LogP contribution in [-0.4, -0.2) is 43.7 Å². The lowest BCUT2D eigenvalue weighted by Gasteiger charge is -2.29. The highest BCUT2D eigenvalue weighted by Gasteiger charge is 2.42. The van der Waals surface area contributed by atoms with Gasteiger partial charge in [-0.15, -0.1) is 0 Å². The van der Waals surface area contributed by atoms with E-state index in [2.05, 4.69) is 27.3 Å². The largest absolute Gasteiger partial charge is 0.350 e. The fourth-order valence-electron chi connectivity index (χ4n) is 3.00. The number of hydrogen-bond acceptors (Lipinski definition) is 3. The molecule has 118 valence electrons. The monoisotopic (exact) mass is 294 g/mol. The number of hydrogen-bond donors (Lipinski definition) is 4. The summed E-state index contributed by atoms with van der Waals surface area (Å²) < 4.78 is 0. The second-order valence-corrected chi connectivity index (χ2v) is 5.77. The molecule has 0 saturated heterocycles. The lowest BCUT2D eigenvalue weighted by atomic mass is 9.96. The summed E-state index contributed by atoms with van der Waals surface area (Å²) in [5.74, 6) is -0.0503. The Balaban J connectivity index is 1.92. The summed E-state index contributed by atoms with van der Waals surface area (Å²) in [6.45, 7) is 4.84. The van der Waals surface area contributed by atoms with Crippen molar-refractivity contribution in [3.63, 3.8) is 0 Å². The summed E-state index contributed by atoms with van der Waals surface area (Å²) >= 11 is 0. The molecular weight excluding hydrogens is 268 g/mol. The Bertz CT molecular complexity index is 414. The van der Waals surface area contributed by atoms with E-state index >= 15 is 0 Å². The van der Waals surface area contributed by atoms with Crippen molar-refractivity contribution in [3.8, 4) is 0 Å². The minimum absolute atomic E-state index is 0.0503. The van der Waals surface area contributed by atoms with E-state index in [1.807, 2.05) is 6.92 Å². The van der Waals surface area contributed by atoms with Crippen LogP contribution in [0.4, 0.5) is 4.79 Å². The van der Waals surface area contributed by atoms with Gasteiger partial charge in [0, 0.05) is 19.6 Å². The van der Waals surface area contributed by atoms with Crippen LogP contribution in [0, 0.1) is 0 Å². The van der Waals surface area contributed by atoms with Crippen LogP contribution in [0.2, 0.25) is 0 Å². The summed E-state index contributed by atoms with van der Waals surface area (Å²) in [7, 11) is 0. The molecule has 1 heterocycles. The van der Waals surface area contributed by atoms with Crippen LogP contribution in [-0.2, 0) is 4.79 Å². The first kappa shape index (κ1) is 15.8. The zero-order valence-electron chi connectivity index (χ0n) is 12.8. The van der Waals surface area contributed by atoms with Gasteiger partial charge in [0.25, 0.3) is 0 Å². The topological polar surface area (TPSA) is 82.3 Å². The molecule has 0 aromatic rings. The molecule has 1 fully saturated rings. The number of carbonyl (C=O) groups excluding carboxylic acids is 2. The van der Waals surface area contributed by atoms with Crippen LogP contribution in [0.5, 0.6) is 0 Å². The van der Waals surface area contributed by atoms with Gasteiger partial charge in [-0.05, 0) is 32.7 Å². The molecule has 6 heteroatoms. The molecule has 1 aliphatic heterocycles. The lowest BCUT2D eigenvalue weighted by Crippen LogP contribution is -2.59. The number of nitrogens with one attached hydrogen (secondary N) is 4. The molecule has 1 aliphatic carbocycles. The molecule has 4 N–H and O–H groups in total. The molecule has 0 aromatic heterocycles. The average molecular weight is 294 g/mol. The Morgan fingerprint density at radius 1 is 1.29 bits per heavy atom. The van der Waals surface area contributed by atoms with E-state index in [1.165, 1.54) is 5.57 Å². The molecule has 0 unspecified atom stereocenters. The van der Waals surface area contributed by atoms with E-state index in [4.69, 9.17) is 0 Å². The average Bonchev–Trinajstić information content (AvgIpc) is 2.95. The van der Waals surface area contributed by atoms with Crippen molar-refractivity contribution in [2.45, 2.75) is 44.6 Å². The Morgan fingerprint density at radius 2 is 2.05 bits per heavy atom. The SMILES string of the molecule is CCNC(=O)NC1(C(=O)NCC2=CCNCC2)CCCC1. The molecule has 1 saturated carbocycles. The van der Waals surface area contributed by atoms with Crippen molar-refractivity contribution < 1.29 is 9.59 Å². The van der Waals surface area contributed by atoms with Gasteiger partial charge in [-0.3, -0.25) is 4.79 Å². The molecule has 21 heavy (non-hydrogen) atoms. The van der Waals surface area contributed by atoms with Crippen LogP contribution in [0.25, 0.3) is 0 Å². The van der Waals surface area contributed by atoms with E-state index in [0.717, 1.165) is 45.2 Å². The fraction of sp³-hybridized carbons (Fsp3) is 0.733. The van der Waals surface area contributed by atoms with Crippen LogP contribution in [0.15, 0.2) is 11.6 Å². The highest BCUT2D eigenvalue weighted by Crippen LogP contribution is 2.30. The number of carbonyl (C=O) groups is 2. The third-order valence-electron chi connectivity index (χ3n) is 4.22. The maximum Gasteiger partial charge on any atom is 0.315 e. The van der Waals surface area contributed by atoms with Gasteiger partial charge in [-0.1, -0.05) is 24.5 Å². The number of urea groups is 1. The molecule has 0 atom stereocenters. The number of amides is 3. The first-order valence-electron chi connectivity index (χ1n) is 7.89. The van der Waals surface area contributed by atoms with Crippen LogP contribution >= 0.6 is 0 Å². The van der Waals surface area contributed by atoms with Crippen LogP contribution in [0.1, 0.15) is 39.0 Å². The van der Waals surface area contributed by atoms with E-state index in [-0.39, 0.29) is 11.9 Å². The van der Waals surface area contributed by atoms with Gasteiger partial charge in [-0.2, -0.15) is 0 Å². The highest BCUT2D eigenvalue weighted by atomic mass is 16.2. The van der Waals surface area contributed by atoms with Gasteiger partial charge in [0.05, 0.1) is 0 Å². The maximum absolute atomic E-state index is 12.6. The Kier molecular flexibility index (Phi) is 5.61. The van der Waals surface area contributed by atoms with E-state index in [9.17, 15) is 9.59 Å². The van der Waals surface area contributed by atoms with Crippen molar-refractivity contribution in [2.75, 3.05) is 26.2 Å². The van der Waals surface area contributed by atoms with Gasteiger partial charge >= 0.3 is 6.03 Å². The quantitative estimate of drug-likeness (QED) is 0.562. The standard InChI is InChI=1S/C15H26N4O2/c1-2-17-14(21)19-15(7-3-4-8-15)13(20)18-11-12-5-9-16-10-6-12/h5,16H,2-4,6-11H2,1H3,(H,18,20)(H2,17,19,21). The molecule has 0 spiro atoms. The van der Waals surface area contributed by atoms with Gasteiger partial charge < -0.3 is 21.3 Å². The Morgan fingerprint density at radius 3 is 2.67 bits per heavy atom. The fourth-order valence-corrected chi connectivity index (χ4v) is 3.00. The van der Waals surface area contributed by atoms with E-state index < -0.39 is 5.54 Å². The first-order valence-corrected chi connectivity index (χ1v) is 7.89. The van der Waals surface area contributed by atoms with E-state index in [1.54, 1.807) is 0 Å². The van der Waals surface area contributed by atoms with E-state index in [0.29, 0.717) is 13.1 Å². The molecule has 0 aromatic carbocycles. The lowest BCUT2D eigenvalue weighted by molar-refractivity contribution is -0.126. The minimum atomic E-state index is -0.729. The predicted octanol–water partition coefficient (Wildman–Crippen LogP) is 0.654. The van der Waals surface area contributed by atoms with Crippen molar-refractivity contribution in [2.24, 2.45) is 0 Å². The van der Waals surface area contributed by atoms with Crippen LogP contribution in [0.3, 0.4) is 0 Å². The second kappa shape index (κ2) is 7.45. The normalized spacial score (nSPS) is 20.5. The molecule has 2 aliphatic rings. The molecule has 6 nitrogen and oxygen atoms in total. The highest BCUT2D eigenvalue weighted by molar-refractivity contribution is 5.91. The third kappa shape index (κ3) is 4.20. The maximum atomic E-state index is 12.6. The van der Waals surface area contributed by atoms with Crippen molar-refractivity contribution in [1.29, 1.82) is 0 Å². The smallest absolute Gasteiger partial charge is 0.315 e. The van der Waals surface area contributed by atoms with Gasteiger partial charge in [-0.25, -0.2) is 4.79 Å². The summed E-state index contributed by atoms with van der Waals surface area (Å²) in [5, 5.41) is 11.9. The minimum Gasteiger partial charge on any atom is -0.350 e. The summed E-state index contributed by atoms with van der Waals surface area (Å²) in [4.78, 5) is 24.3.